The number of nitrogens with one attached hydrogen (secondary N) is 1. The molecule has 1 aromatic carbocycles. The van der Waals surface area contributed by atoms with Gasteiger partial charge in [0.25, 0.3) is 0 Å². The topological polar surface area (TPSA) is 62.1 Å². The standard InChI is InChI=1S/C17H22N2O2/c1-16(2,3)21-15(20)17(8-10-19-11-9-17)14-7-5-4-6-13(14)12-18/h4-7,19H,8-11H2,1-3H3. The maximum absolute atomic E-state index is 12.8. The monoisotopic (exact) mass is 286 g/mol. The molecule has 1 heterocycles. The van der Waals surface area contributed by atoms with Crippen molar-refractivity contribution in [1.29, 1.82) is 5.26 Å². The molecule has 1 saturated heterocycles. The van der Waals surface area contributed by atoms with Crippen LogP contribution in [0.5, 0.6) is 0 Å². The molecule has 4 nitrogen and oxygen atoms in total. The Balaban J connectivity index is 2.47. The fourth-order valence-corrected chi connectivity index (χ4v) is 2.81. The lowest BCUT2D eigenvalue weighted by Gasteiger charge is -2.38. The first-order valence-electron chi connectivity index (χ1n) is 7.33. The highest BCUT2D eigenvalue weighted by Crippen LogP contribution is 2.37. The SMILES string of the molecule is CC(C)(C)OC(=O)C1(c2ccccc2C#N)CCNCC1. The van der Waals surface area contributed by atoms with Crippen LogP contribution in [0.2, 0.25) is 0 Å². The van der Waals surface area contributed by atoms with E-state index >= 15 is 0 Å². The summed E-state index contributed by atoms with van der Waals surface area (Å²) < 4.78 is 5.66. The van der Waals surface area contributed by atoms with E-state index in [1.165, 1.54) is 0 Å². The summed E-state index contributed by atoms with van der Waals surface area (Å²) in [5, 5.41) is 12.6. The van der Waals surface area contributed by atoms with Crippen LogP contribution in [0.4, 0.5) is 0 Å². The van der Waals surface area contributed by atoms with Gasteiger partial charge in [-0.05, 0) is 58.3 Å². The average molecular weight is 286 g/mol. The summed E-state index contributed by atoms with van der Waals surface area (Å²) in [6, 6.07) is 9.56. The first-order valence-corrected chi connectivity index (χ1v) is 7.33. The van der Waals surface area contributed by atoms with Gasteiger partial charge in [0.1, 0.15) is 5.60 Å². The van der Waals surface area contributed by atoms with E-state index in [9.17, 15) is 10.1 Å². The summed E-state index contributed by atoms with van der Waals surface area (Å²) in [5.41, 5.74) is 0.106. The quantitative estimate of drug-likeness (QED) is 0.849. The predicted molar refractivity (Wildman–Crippen MR) is 80.8 cm³/mol. The number of esters is 1. The van der Waals surface area contributed by atoms with Crippen LogP contribution in [0, 0.1) is 11.3 Å². The Morgan fingerprint density at radius 2 is 1.90 bits per heavy atom. The molecule has 1 fully saturated rings. The summed E-state index contributed by atoms with van der Waals surface area (Å²) in [5.74, 6) is -0.223. The Hall–Kier alpha value is -1.86. The number of rotatable bonds is 2. The molecule has 112 valence electrons. The third kappa shape index (κ3) is 3.25. The second kappa shape index (κ2) is 5.87. The molecule has 1 aliphatic heterocycles. The minimum absolute atomic E-state index is 0.223. The third-order valence-corrected chi connectivity index (χ3v) is 3.81. The summed E-state index contributed by atoms with van der Waals surface area (Å²) in [6.07, 6.45) is 1.31. The van der Waals surface area contributed by atoms with E-state index in [0.717, 1.165) is 18.7 Å². The summed E-state index contributed by atoms with van der Waals surface area (Å²) in [6.45, 7) is 7.11. The second-order valence-corrected chi connectivity index (χ2v) is 6.49. The molecule has 1 aromatic rings. The van der Waals surface area contributed by atoms with E-state index in [2.05, 4.69) is 11.4 Å². The van der Waals surface area contributed by atoms with Gasteiger partial charge < -0.3 is 10.1 Å². The van der Waals surface area contributed by atoms with Crippen molar-refractivity contribution in [3.63, 3.8) is 0 Å². The number of carbonyl (C=O) groups is 1. The lowest BCUT2D eigenvalue weighted by atomic mass is 9.71. The van der Waals surface area contributed by atoms with Gasteiger partial charge in [0.05, 0.1) is 17.0 Å². The van der Waals surface area contributed by atoms with Crippen LogP contribution >= 0.6 is 0 Å². The Bertz CT molecular complexity index is 561. The number of carbonyl (C=O) groups excluding carboxylic acids is 1. The van der Waals surface area contributed by atoms with Crippen LogP contribution in [-0.4, -0.2) is 24.7 Å². The largest absolute Gasteiger partial charge is 0.459 e. The molecule has 0 atom stereocenters. The lowest BCUT2D eigenvalue weighted by molar-refractivity contribution is -0.163. The molecular weight excluding hydrogens is 264 g/mol. The fraction of sp³-hybridized carbons (Fsp3) is 0.529. The van der Waals surface area contributed by atoms with Crippen LogP contribution in [0.1, 0.15) is 44.7 Å². The lowest BCUT2D eigenvalue weighted by Crippen LogP contribution is -2.48. The molecule has 0 bridgehead atoms. The van der Waals surface area contributed by atoms with E-state index in [0.29, 0.717) is 18.4 Å². The fourth-order valence-electron chi connectivity index (χ4n) is 2.81. The Morgan fingerprint density at radius 3 is 2.48 bits per heavy atom. The predicted octanol–water partition coefficient (Wildman–Crippen LogP) is 2.52. The van der Waals surface area contributed by atoms with E-state index < -0.39 is 11.0 Å². The van der Waals surface area contributed by atoms with Crippen LogP contribution in [0.3, 0.4) is 0 Å². The molecule has 0 aromatic heterocycles. The smallest absolute Gasteiger partial charge is 0.317 e. The van der Waals surface area contributed by atoms with Gasteiger partial charge >= 0.3 is 5.97 Å². The minimum Gasteiger partial charge on any atom is -0.459 e. The zero-order chi connectivity index (χ0) is 15.5. The van der Waals surface area contributed by atoms with Crippen molar-refractivity contribution in [2.45, 2.75) is 44.6 Å². The van der Waals surface area contributed by atoms with Gasteiger partial charge in [-0.15, -0.1) is 0 Å². The zero-order valence-electron chi connectivity index (χ0n) is 12.9. The molecule has 0 unspecified atom stereocenters. The molecule has 1 N–H and O–H groups in total. The highest BCUT2D eigenvalue weighted by Gasteiger charge is 2.45. The van der Waals surface area contributed by atoms with Gasteiger partial charge in [0.15, 0.2) is 0 Å². The van der Waals surface area contributed by atoms with E-state index in [1.807, 2.05) is 39.0 Å². The second-order valence-electron chi connectivity index (χ2n) is 6.49. The average Bonchev–Trinajstić information content (AvgIpc) is 2.46. The van der Waals surface area contributed by atoms with Gasteiger partial charge in [-0.3, -0.25) is 4.79 Å². The molecule has 0 aliphatic carbocycles. The highest BCUT2D eigenvalue weighted by atomic mass is 16.6. The maximum Gasteiger partial charge on any atom is 0.317 e. The van der Waals surface area contributed by atoms with E-state index in [-0.39, 0.29) is 5.97 Å². The molecular formula is C17H22N2O2. The Kier molecular flexibility index (Phi) is 4.34. The maximum atomic E-state index is 12.8. The van der Waals surface area contributed by atoms with Crippen LogP contribution in [0.15, 0.2) is 24.3 Å². The highest BCUT2D eigenvalue weighted by molar-refractivity contribution is 5.84. The zero-order valence-corrected chi connectivity index (χ0v) is 12.9. The summed E-state index contributed by atoms with van der Waals surface area (Å²) >= 11 is 0. The van der Waals surface area contributed by atoms with Gasteiger partial charge in [-0.1, -0.05) is 18.2 Å². The molecule has 0 radical (unpaired) electrons. The van der Waals surface area contributed by atoms with Crippen LogP contribution in [0.25, 0.3) is 0 Å². The molecule has 0 amide bonds. The van der Waals surface area contributed by atoms with Crippen molar-refractivity contribution in [2.75, 3.05) is 13.1 Å². The van der Waals surface area contributed by atoms with Crippen molar-refractivity contribution in [2.24, 2.45) is 0 Å². The first-order chi connectivity index (χ1) is 9.89. The first kappa shape index (κ1) is 15.5. The number of ether oxygens (including phenoxy) is 1. The molecule has 21 heavy (non-hydrogen) atoms. The van der Waals surface area contributed by atoms with Gasteiger partial charge in [-0.25, -0.2) is 0 Å². The Labute approximate surface area is 126 Å². The number of hydrogen-bond donors (Lipinski definition) is 1. The summed E-state index contributed by atoms with van der Waals surface area (Å²) in [7, 11) is 0. The number of benzene rings is 1. The number of nitrogens with zero attached hydrogens (tertiary/aromatic N) is 1. The van der Waals surface area contributed by atoms with Crippen molar-refractivity contribution < 1.29 is 9.53 Å². The molecule has 2 rings (SSSR count). The van der Waals surface area contributed by atoms with Crippen molar-refractivity contribution in [1.82, 2.24) is 5.32 Å². The van der Waals surface area contributed by atoms with Gasteiger partial charge in [0.2, 0.25) is 0 Å². The van der Waals surface area contributed by atoms with E-state index in [4.69, 9.17) is 4.74 Å². The van der Waals surface area contributed by atoms with Crippen molar-refractivity contribution in [3.05, 3.63) is 35.4 Å². The van der Waals surface area contributed by atoms with E-state index in [1.54, 1.807) is 6.07 Å². The van der Waals surface area contributed by atoms with Gasteiger partial charge in [-0.2, -0.15) is 5.26 Å². The molecule has 4 heteroatoms. The van der Waals surface area contributed by atoms with Crippen LogP contribution < -0.4 is 5.32 Å². The molecule has 0 saturated carbocycles. The molecule has 0 spiro atoms. The van der Waals surface area contributed by atoms with Gasteiger partial charge in [0, 0.05) is 0 Å². The minimum atomic E-state index is -0.717. The normalized spacial score (nSPS) is 17.8. The van der Waals surface area contributed by atoms with Crippen molar-refractivity contribution >= 4 is 5.97 Å². The molecule has 1 aliphatic rings. The number of hydrogen-bond acceptors (Lipinski definition) is 4. The van der Waals surface area contributed by atoms with Crippen molar-refractivity contribution in [3.8, 4) is 6.07 Å². The Morgan fingerprint density at radius 1 is 1.29 bits per heavy atom. The third-order valence-electron chi connectivity index (χ3n) is 3.81. The van der Waals surface area contributed by atoms with Crippen LogP contribution in [-0.2, 0) is 14.9 Å². The summed E-state index contributed by atoms with van der Waals surface area (Å²) in [4.78, 5) is 12.8. The number of nitriles is 1. The number of piperidine rings is 1.